The minimum atomic E-state index is -2.07. The highest BCUT2D eigenvalue weighted by atomic mass is 16.6. The van der Waals surface area contributed by atoms with Gasteiger partial charge in [-0.3, -0.25) is 5.32 Å². The summed E-state index contributed by atoms with van der Waals surface area (Å²) >= 11 is 0. The van der Waals surface area contributed by atoms with Crippen molar-refractivity contribution in [3.8, 4) is 6.07 Å². The summed E-state index contributed by atoms with van der Waals surface area (Å²) in [4.78, 5) is 23.2. The van der Waals surface area contributed by atoms with E-state index in [9.17, 15) is 20.0 Å². The lowest BCUT2D eigenvalue weighted by Crippen LogP contribution is -2.56. The van der Waals surface area contributed by atoms with Crippen molar-refractivity contribution in [2.75, 3.05) is 0 Å². The van der Waals surface area contributed by atoms with Gasteiger partial charge in [0.1, 0.15) is 11.7 Å². The lowest BCUT2D eigenvalue weighted by Gasteiger charge is -2.26. The topological polar surface area (TPSA) is 99.4 Å². The third kappa shape index (κ3) is 4.80. The van der Waals surface area contributed by atoms with E-state index in [0.717, 1.165) is 0 Å². The summed E-state index contributed by atoms with van der Waals surface area (Å²) in [5.41, 5.74) is -2.22. The Bertz CT molecular complexity index is 557. The van der Waals surface area contributed by atoms with Gasteiger partial charge in [-0.15, -0.1) is 0 Å². The number of hydrogen-bond acceptors (Lipinski definition) is 4. The highest BCUT2D eigenvalue weighted by molar-refractivity contribution is 5.88. The molecule has 0 aliphatic heterocycles. The second kappa shape index (κ2) is 6.27. The molecule has 1 aromatic rings. The normalized spacial score (nSPS) is 13.6. The van der Waals surface area contributed by atoms with Crippen LogP contribution in [0, 0.1) is 11.3 Å². The Morgan fingerprint density at radius 1 is 1.29 bits per heavy atom. The maximum Gasteiger partial charge on any atom is 0.409 e. The Balaban J connectivity index is 2.98. The Morgan fingerprint density at radius 3 is 2.29 bits per heavy atom. The highest BCUT2D eigenvalue weighted by Gasteiger charge is 2.42. The van der Waals surface area contributed by atoms with Gasteiger partial charge >= 0.3 is 12.1 Å². The van der Waals surface area contributed by atoms with E-state index < -0.39 is 23.2 Å². The Kier molecular flexibility index (Phi) is 4.93. The van der Waals surface area contributed by atoms with Crippen molar-refractivity contribution in [2.24, 2.45) is 0 Å². The third-order valence-corrected chi connectivity index (χ3v) is 2.58. The maximum absolute atomic E-state index is 11.8. The van der Waals surface area contributed by atoms with Gasteiger partial charge < -0.3 is 9.84 Å². The fraction of sp³-hybridized carbons (Fsp3) is 0.400. The molecule has 21 heavy (non-hydrogen) atoms. The molecule has 112 valence electrons. The van der Waals surface area contributed by atoms with Crippen LogP contribution < -0.4 is 5.32 Å². The molecule has 0 bridgehead atoms. The van der Waals surface area contributed by atoms with E-state index in [1.165, 1.54) is 0 Å². The van der Waals surface area contributed by atoms with Crippen molar-refractivity contribution in [1.29, 1.82) is 5.26 Å². The van der Waals surface area contributed by atoms with Crippen molar-refractivity contribution in [1.82, 2.24) is 5.32 Å². The number of nitrogens with zero attached hydrogens (tertiary/aromatic N) is 1. The van der Waals surface area contributed by atoms with Crippen LogP contribution in [0.2, 0.25) is 0 Å². The molecule has 1 aromatic carbocycles. The number of nitrogens with one attached hydrogen (secondary N) is 1. The lowest BCUT2D eigenvalue weighted by molar-refractivity contribution is -0.142. The zero-order valence-corrected chi connectivity index (χ0v) is 12.2. The molecule has 0 saturated heterocycles. The van der Waals surface area contributed by atoms with E-state index in [-0.39, 0.29) is 6.42 Å². The molecule has 0 radical (unpaired) electrons. The SMILES string of the molecule is CC(C)(C)OC(=O)N[C@](C#N)(Cc1ccccc1)C(=O)O. The standard InChI is InChI=1S/C15H18N2O4/c1-14(2,3)21-13(20)17-15(10-16,12(18)19)9-11-7-5-4-6-8-11/h4-8H,9H2,1-3H3,(H,17,20)(H,18,19)/t15-/m0/s1. The van der Waals surface area contributed by atoms with E-state index in [1.807, 2.05) is 0 Å². The zero-order chi connectivity index (χ0) is 16.1. The fourth-order valence-corrected chi connectivity index (χ4v) is 1.67. The third-order valence-electron chi connectivity index (χ3n) is 2.58. The summed E-state index contributed by atoms with van der Waals surface area (Å²) in [7, 11) is 0. The molecule has 0 unspecified atom stereocenters. The van der Waals surface area contributed by atoms with Crippen molar-refractivity contribution < 1.29 is 19.4 Å². The average Bonchev–Trinajstić information content (AvgIpc) is 2.36. The zero-order valence-electron chi connectivity index (χ0n) is 12.2. The first kappa shape index (κ1) is 16.5. The number of ether oxygens (including phenoxy) is 1. The van der Waals surface area contributed by atoms with E-state index in [4.69, 9.17) is 4.74 Å². The number of rotatable bonds is 4. The summed E-state index contributed by atoms with van der Waals surface area (Å²) in [5.74, 6) is -1.43. The number of alkyl carbamates (subject to hydrolysis) is 1. The maximum atomic E-state index is 11.8. The summed E-state index contributed by atoms with van der Waals surface area (Å²) in [6.07, 6.45) is -1.10. The number of nitriles is 1. The molecule has 1 amide bonds. The van der Waals surface area contributed by atoms with Crippen molar-refractivity contribution >= 4 is 12.1 Å². The fourth-order valence-electron chi connectivity index (χ4n) is 1.67. The van der Waals surface area contributed by atoms with Crippen LogP contribution in [-0.4, -0.2) is 28.3 Å². The molecular weight excluding hydrogens is 272 g/mol. The van der Waals surface area contributed by atoms with Gasteiger partial charge in [0.2, 0.25) is 5.54 Å². The number of hydrogen-bond donors (Lipinski definition) is 2. The van der Waals surface area contributed by atoms with E-state index in [1.54, 1.807) is 57.2 Å². The van der Waals surface area contributed by atoms with Gasteiger partial charge in [-0.05, 0) is 26.3 Å². The minimum Gasteiger partial charge on any atom is -0.479 e. The summed E-state index contributed by atoms with van der Waals surface area (Å²) in [6.45, 7) is 4.95. The summed E-state index contributed by atoms with van der Waals surface area (Å²) < 4.78 is 5.02. The quantitative estimate of drug-likeness (QED) is 0.884. The number of carbonyl (C=O) groups excluding carboxylic acids is 1. The van der Waals surface area contributed by atoms with Gasteiger partial charge in [-0.1, -0.05) is 30.3 Å². The molecule has 6 heteroatoms. The molecule has 2 N–H and O–H groups in total. The number of carboxylic acid groups (broad SMARTS) is 1. The lowest BCUT2D eigenvalue weighted by atomic mass is 9.92. The number of aliphatic carboxylic acids is 1. The smallest absolute Gasteiger partial charge is 0.409 e. The first-order valence-electron chi connectivity index (χ1n) is 6.38. The van der Waals surface area contributed by atoms with Gasteiger partial charge in [0.25, 0.3) is 0 Å². The Labute approximate surface area is 123 Å². The van der Waals surface area contributed by atoms with Gasteiger partial charge in [-0.25, -0.2) is 9.59 Å². The van der Waals surface area contributed by atoms with Crippen LogP contribution in [-0.2, 0) is 16.0 Å². The first-order valence-corrected chi connectivity index (χ1v) is 6.38. The largest absolute Gasteiger partial charge is 0.479 e. The average molecular weight is 290 g/mol. The van der Waals surface area contributed by atoms with Crippen molar-refractivity contribution in [2.45, 2.75) is 38.3 Å². The molecule has 0 aromatic heterocycles. The first-order chi connectivity index (χ1) is 9.68. The highest BCUT2D eigenvalue weighted by Crippen LogP contribution is 2.15. The van der Waals surface area contributed by atoms with Crippen LogP contribution in [0.25, 0.3) is 0 Å². The molecular formula is C15H18N2O4. The van der Waals surface area contributed by atoms with Crippen LogP contribution in [0.1, 0.15) is 26.3 Å². The number of carbonyl (C=O) groups is 2. The van der Waals surface area contributed by atoms with E-state index in [2.05, 4.69) is 5.32 Å². The molecule has 0 aliphatic rings. The Morgan fingerprint density at radius 2 is 1.86 bits per heavy atom. The van der Waals surface area contributed by atoms with E-state index in [0.29, 0.717) is 5.56 Å². The van der Waals surface area contributed by atoms with Gasteiger partial charge in [0.05, 0.1) is 0 Å². The predicted molar refractivity (Wildman–Crippen MR) is 75.5 cm³/mol. The monoisotopic (exact) mass is 290 g/mol. The minimum absolute atomic E-state index is 0.154. The molecule has 0 saturated carbocycles. The van der Waals surface area contributed by atoms with Crippen LogP contribution in [0.5, 0.6) is 0 Å². The van der Waals surface area contributed by atoms with Crippen LogP contribution >= 0.6 is 0 Å². The molecule has 0 heterocycles. The molecule has 0 spiro atoms. The summed E-state index contributed by atoms with van der Waals surface area (Å²) in [6, 6.07) is 10.3. The molecule has 1 rings (SSSR count). The molecule has 6 nitrogen and oxygen atoms in total. The summed E-state index contributed by atoms with van der Waals surface area (Å²) in [5, 5.41) is 20.8. The van der Waals surface area contributed by atoms with Crippen molar-refractivity contribution in [3.63, 3.8) is 0 Å². The second-order valence-electron chi connectivity index (χ2n) is 5.61. The number of amides is 1. The van der Waals surface area contributed by atoms with Crippen LogP contribution in [0.15, 0.2) is 30.3 Å². The molecule has 0 fully saturated rings. The predicted octanol–water partition coefficient (Wildman–Crippen LogP) is 2.10. The van der Waals surface area contributed by atoms with Crippen LogP contribution in [0.4, 0.5) is 4.79 Å². The second-order valence-corrected chi connectivity index (χ2v) is 5.61. The number of benzene rings is 1. The number of carboxylic acids is 1. The van der Waals surface area contributed by atoms with Gasteiger partial charge in [0.15, 0.2) is 0 Å². The Hall–Kier alpha value is -2.55. The molecule has 1 atom stereocenters. The van der Waals surface area contributed by atoms with Crippen molar-refractivity contribution in [3.05, 3.63) is 35.9 Å². The van der Waals surface area contributed by atoms with Gasteiger partial charge in [0, 0.05) is 6.42 Å². The van der Waals surface area contributed by atoms with Gasteiger partial charge in [-0.2, -0.15) is 5.26 Å². The van der Waals surface area contributed by atoms with E-state index >= 15 is 0 Å². The molecule has 0 aliphatic carbocycles. The van der Waals surface area contributed by atoms with Crippen LogP contribution in [0.3, 0.4) is 0 Å².